The van der Waals surface area contributed by atoms with Gasteiger partial charge in [-0.25, -0.2) is 0 Å². The summed E-state index contributed by atoms with van der Waals surface area (Å²) in [5.74, 6) is 0.292. The third-order valence-electron chi connectivity index (χ3n) is 1.52. The van der Waals surface area contributed by atoms with Crippen molar-refractivity contribution in [3.63, 3.8) is 0 Å². The molecule has 0 spiro atoms. The minimum absolute atomic E-state index is 0.167. The average molecular weight is 232 g/mol. The third-order valence-corrected chi connectivity index (χ3v) is 1.52. The van der Waals surface area contributed by atoms with Crippen molar-refractivity contribution in [3.05, 3.63) is 0 Å². The van der Waals surface area contributed by atoms with Crippen molar-refractivity contribution in [2.75, 3.05) is 27.7 Å². The van der Waals surface area contributed by atoms with E-state index in [0.717, 1.165) is 25.8 Å². The van der Waals surface area contributed by atoms with Crippen LogP contribution in [0.15, 0.2) is 0 Å². The van der Waals surface area contributed by atoms with Crippen LogP contribution < -0.4 is 0 Å². The number of aliphatic hydroxyl groups is 1. The summed E-state index contributed by atoms with van der Waals surface area (Å²) in [5, 5.41) is 8.06. The number of rotatable bonds is 1. The first kappa shape index (κ1) is 17.3. The van der Waals surface area contributed by atoms with E-state index >= 15 is 0 Å². The summed E-state index contributed by atoms with van der Waals surface area (Å²) in [6.07, 6.45) is 2.39. The topological polar surface area (TPSA) is 60.9 Å². The molecule has 0 bridgehead atoms. The fourth-order valence-electron chi connectivity index (χ4n) is 0.783. The summed E-state index contributed by atoms with van der Waals surface area (Å²) in [6, 6.07) is 0. The van der Waals surface area contributed by atoms with E-state index in [-0.39, 0.29) is 6.10 Å². The Morgan fingerprint density at radius 1 is 1.44 bits per heavy atom. The predicted octanol–water partition coefficient (Wildman–Crippen LogP) is 0.330. The Labute approximate surface area is 98.0 Å². The molecule has 0 atom stereocenters. The van der Waals surface area contributed by atoms with Crippen molar-refractivity contribution < 1.29 is 14.7 Å². The molecule has 5 heteroatoms. The van der Waals surface area contributed by atoms with Crippen LogP contribution in [0, 0.1) is 0 Å². The zero-order valence-electron chi connectivity index (χ0n) is 10.9. The van der Waals surface area contributed by atoms with E-state index in [1.165, 1.54) is 4.90 Å². The number of likely N-dealkylation sites (tertiary alicyclic amines) is 1. The highest BCUT2D eigenvalue weighted by Crippen LogP contribution is 2.04. The second-order valence-electron chi connectivity index (χ2n) is 4.08. The van der Waals surface area contributed by atoms with Gasteiger partial charge in [-0.15, -0.1) is 0 Å². The Balaban J connectivity index is 0. The normalized spacial score (nSPS) is 13.7. The van der Waals surface area contributed by atoms with Gasteiger partial charge in [-0.1, -0.05) is 0 Å². The molecule has 2 amide bonds. The highest BCUT2D eigenvalue weighted by Gasteiger charge is 2.14. The van der Waals surface area contributed by atoms with Gasteiger partial charge >= 0.3 is 0 Å². The standard InChI is InChI=1S/C5H9NO.C3H7NO.C3H8O/c1-6-4-2-3-5(6)7;1-4(2)3-5;1-3(2)4/h2-4H2,1H3;3H,1-2H3;3-4H,1-2H3. The van der Waals surface area contributed by atoms with Crippen molar-refractivity contribution in [2.45, 2.75) is 32.8 Å². The molecule has 0 aliphatic carbocycles. The van der Waals surface area contributed by atoms with Gasteiger partial charge in [0.25, 0.3) is 0 Å². The largest absolute Gasteiger partial charge is 0.394 e. The molecule has 0 aromatic heterocycles. The number of carbonyl (C=O) groups excluding carboxylic acids is 2. The van der Waals surface area contributed by atoms with E-state index in [1.54, 1.807) is 32.8 Å². The molecule has 0 unspecified atom stereocenters. The lowest BCUT2D eigenvalue weighted by Gasteiger charge is -2.03. The molecule has 1 saturated heterocycles. The summed E-state index contributed by atoms with van der Waals surface area (Å²) in [5.41, 5.74) is 0. The van der Waals surface area contributed by atoms with Gasteiger partial charge < -0.3 is 14.9 Å². The number of hydrogen-bond acceptors (Lipinski definition) is 3. The molecule has 0 aromatic carbocycles. The highest BCUT2D eigenvalue weighted by molar-refractivity contribution is 5.77. The van der Waals surface area contributed by atoms with Crippen LogP contribution in [-0.4, -0.2) is 61.0 Å². The molecule has 0 radical (unpaired) electrons. The van der Waals surface area contributed by atoms with Gasteiger partial charge in [-0.05, 0) is 20.3 Å². The molecule has 1 rings (SSSR count). The third kappa shape index (κ3) is 15.4. The molecular formula is C11H24N2O3. The SMILES string of the molecule is CC(C)O.CN(C)C=O.CN1CCCC1=O. The molecule has 16 heavy (non-hydrogen) atoms. The molecular weight excluding hydrogens is 208 g/mol. The van der Waals surface area contributed by atoms with E-state index in [2.05, 4.69) is 0 Å². The summed E-state index contributed by atoms with van der Waals surface area (Å²) >= 11 is 0. The van der Waals surface area contributed by atoms with Gasteiger partial charge in [0.05, 0.1) is 0 Å². The first-order chi connectivity index (χ1) is 7.31. The van der Waals surface area contributed by atoms with Crippen LogP contribution in [0.3, 0.4) is 0 Å². The fraction of sp³-hybridized carbons (Fsp3) is 0.818. The van der Waals surface area contributed by atoms with Crippen LogP contribution >= 0.6 is 0 Å². The van der Waals surface area contributed by atoms with Crippen LogP contribution in [0.1, 0.15) is 26.7 Å². The molecule has 0 saturated carbocycles. The minimum Gasteiger partial charge on any atom is -0.394 e. The van der Waals surface area contributed by atoms with E-state index in [1.807, 2.05) is 7.05 Å². The second-order valence-corrected chi connectivity index (χ2v) is 4.08. The van der Waals surface area contributed by atoms with E-state index in [0.29, 0.717) is 5.91 Å². The van der Waals surface area contributed by atoms with Crippen molar-refractivity contribution in [2.24, 2.45) is 0 Å². The van der Waals surface area contributed by atoms with Crippen LogP contribution in [0.4, 0.5) is 0 Å². The molecule has 1 aliphatic rings. The number of nitrogens with zero attached hydrogens (tertiary/aromatic N) is 2. The van der Waals surface area contributed by atoms with Crippen LogP contribution in [0.2, 0.25) is 0 Å². The maximum Gasteiger partial charge on any atom is 0.222 e. The maximum absolute atomic E-state index is 10.5. The maximum atomic E-state index is 10.5. The smallest absolute Gasteiger partial charge is 0.222 e. The van der Waals surface area contributed by atoms with E-state index < -0.39 is 0 Å². The van der Waals surface area contributed by atoms with E-state index in [4.69, 9.17) is 5.11 Å². The molecule has 1 N–H and O–H groups in total. The van der Waals surface area contributed by atoms with Gasteiger partial charge in [0, 0.05) is 40.2 Å². The zero-order valence-corrected chi connectivity index (χ0v) is 10.9. The van der Waals surface area contributed by atoms with Crippen LogP contribution in [0.25, 0.3) is 0 Å². The van der Waals surface area contributed by atoms with Crippen molar-refractivity contribution in [1.82, 2.24) is 9.80 Å². The first-order valence-electron chi connectivity index (χ1n) is 5.35. The monoisotopic (exact) mass is 232 g/mol. The lowest BCUT2D eigenvalue weighted by molar-refractivity contribution is -0.126. The minimum atomic E-state index is -0.167. The number of aliphatic hydroxyl groups excluding tert-OH is 1. The Morgan fingerprint density at radius 2 is 1.81 bits per heavy atom. The van der Waals surface area contributed by atoms with Crippen molar-refractivity contribution in [1.29, 1.82) is 0 Å². The highest BCUT2D eigenvalue weighted by atomic mass is 16.3. The quantitative estimate of drug-likeness (QED) is 0.663. The first-order valence-corrected chi connectivity index (χ1v) is 5.35. The summed E-state index contributed by atoms with van der Waals surface area (Å²) in [4.78, 5) is 23.1. The average Bonchev–Trinajstić information content (AvgIpc) is 2.51. The molecule has 1 fully saturated rings. The number of carbonyl (C=O) groups is 2. The summed E-state index contributed by atoms with van der Waals surface area (Å²) in [6.45, 7) is 4.40. The van der Waals surface area contributed by atoms with Gasteiger partial charge in [0.1, 0.15) is 0 Å². The Bertz CT molecular complexity index is 191. The Morgan fingerprint density at radius 3 is 1.88 bits per heavy atom. The Hall–Kier alpha value is -1.10. The molecule has 1 aliphatic heterocycles. The number of hydrogen-bond donors (Lipinski definition) is 1. The van der Waals surface area contributed by atoms with Gasteiger partial charge in [0.2, 0.25) is 12.3 Å². The van der Waals surface area contributed by atoms with Crippen molar-refractivity contribution >= 4 is 12.3 Å². The number of amides is 2. The predicted molar refractivity (Wildman–Crippen MR) is 64.0 cm³/mol. The Kier molecular flexibility index (Phi) is 11.3. The lowest BCUT2D eigenvalue weighted by atomic mass is 10.4. The van der Waals surface area contributed by atoms with E-state index in [9.17, 15) is 9.59 Å². The van der Waals surface area contributed by atoms with Crippen LogP contribution in [-0.2, 0) is 9.59 Å². The lowest BCUT2D eigenvalue weighted by Crippen LogP contribution is -2.17. The van der Waals surface area contributed by atoms with Gasteiger partial charge in [-0.3, -0.25) is 9.59 Å². The molecule has 5 nitrogen and oxygen atoms in total. The second kappa shape index (κ2) is 10.4. The van der Waals surface area contributed by atoms with Gasteiger partial charge in [-0.2, -0.15) is 0 Å². The zero-order chi connectivity index (χ0) is 13.1. The summed E-state index contributed by atoms with van der Waals surface area (Å²) < 4.78 is 0. The fourth-order valence-corrected chi connectivity index (χ4v) is 0.783. The van der Waals surface area contributed by atoms with Gasteiger partial charge in [0.15, 0.2) is 0 Å². The molecule has 0 aromatic rings. The van der Waals surface area contributed by atoms with Crippen molar-refractivity contribution in [3.8, 4) is 0 Å². The summed E-state index contributed by atoms with van der Waals surface area (Å²) in [7, 11) is 5.22. The molecule has 96 valence electrons. The van der Waals surface area contributed by atoms with Crippen LogP contribution in [0.5, 0.6) is 0 Å². The molecule has 1 heterocycles.